The van der Waals surface area contributed by atoms with Gasteiger partial charge in [0.1, 0.15) is 12.4 Å². The number of nitrogens with zero attached hydrogens (tertiary/aromatic N) is 2. The predicted molar refractivity (Wildman–Crippen MR) is 110 cm³/mol. The number of benzene rings is 2. The van der Waals surface area contributed by atoms with E-state index in [1.165, 1.54) is 29.8 Å². The van der Waals surface area contributed by atoms with Gasteiger partial charge < -0.3 is 10.1 Å². The second-order valence-electron chi connectivity index (χ2n) is 6.50. The van der Waals surface area contributed by atoms with Crippen molar-refractivity contribution in [3.05, 3.63) is 71.5 Å². The lowest BCUT2D eigenvalue weighted by Crippen LogP contribution is -2.12. The van der Waals surface area contributed by atoms with Crippen molar-refractivity contribution in [2.24, 2.45) is 5.14 Å². The molecule has 0 spiro atoms. The fourth-order valence-electron chi connectivity index (χ4n) is 2.72. The zero-order chi connectivity index (χ0) is 21.0. The lowest BCUT2D eigenvalue weighted by molar-refractivity contribution is 0.112. The normalized spacial score (nSPS) is 15.2. The first kappa shape index (κ1) is 20.7. The van der Waals surface area contributed by atoms with Gasteiger partial charge in [-0.05, 0) is 31.2 Å². The van der Waals surface area contributed by atoms with Crippen LogP contribution in [0.25, 0.3) is 5.69 Å². The molecule has 8 nitrogen and oxygen atoms in total. The molecule has 0 saturated carbocycles. The van der Waals surface area contributed by atoms with Crippen molar-refractivity contribution < 1.29 is 17.9 Å². The minimum absolute atomic E-state index is 0.0490. The Morgan fingerprint density at radius 2 is 1.93 bits per heavy atom. The third-order valence-corrected chi connectivity index (χ3v) is 5.23. The SMILES string of the molecule is CNc1cnn(-c2ccc(C)cc2)c1C1CO1.NS(=O)(=O)c1cccc(C=O)c1. The number of anilines is 1. The number of aromatic nitrogens is 2. The third kappa shape index (κ3) is 5.08. The largest absolute Gasteiger partial charge is 0.385 e. The summed E-state index contributed by atoms with van der Waals surface area (Å²) in [6.07, 6.45) is 2.59. The van der Waals surface area contributed by atoms with Crippen molar-refractivity contribution in [3.63, 3.8) is 0 Å². The van der Waals surface area contributed by atoms with Crippen LogP contribution in [0.2, 0.25) is 0 Å². The second-order valence-corrected chi connectivity index (χ2v) is 8.06. The van der Waals surface area contributed by atoms with Crippen molar-refractivity contribution in [2.75, 3.05) is 19.0 Å². The number of aryl methyl sites for hydroxylation is 1. The molecule has 2 heterocycles. The molecule has 0 aliphatic carbocycles. The molecule has 3 N–H and O–H groups in total. The van der Waals surface area contributed by atoms with Gasteiger partial charge in [0.2, 0.25) is 10.0 Å². The van der Waals surface area contributed by atoms with Gasteiger partial charge in [-0.2, -0.15) is 5.10 Å². The van der Waals surface area contributed by atoms with E-state index < -0.39 is 10.0 Å². The monoisotopic (exact) mass is 414 g/mol. The standard InChI is InChI=1S/C13H15N3O.C7H7NO3S/c1-9-3-5-10(6-4-9)16-13(12-8-17-12)11(14-2)7-15-16;8-12(10,11)7-3-1-2-6(4-7)5-9/h3-7,12,14H,8H2,1-2H3;1-5H,(H2,8,10,11). The van der Waals surface area contributed by atoms with E-state index in [0.717, 1.165) is 23.7 Å². The minimum atomic E-state index is -3.69. The molecule has 1 aliphatic rings. The van der Waals surface area contributed by atoms with Gasteiger partial charge in [-0.3, -0.25) is 4.79 Å². The Balaban J connectivity index is 0.000000177. The molecule has 0 bridgehead atoms. The fraction of sp³-hybridized carbons (Fsp3) is 0.200. The number of nitrogens with two attached hydrogens (primary N) is 1. The number of hydrogen-bond donors (Lipinski definition) is 2. The smallest absolute Gasteiger partial charge is 0.238 e. The summed E-state index contributed by atoms with van der Waals surface area (Å²) in [6.45, 7) is 2.86. The molecule has 1 atom stereocenters. The molecule has 0 radical (unpaired) electrons. The lowest BCUT2D eigenvalue weighted by atomic mass is 10.2. The van der Waals surface area contributed by atoms with Crippen LogP contribution in [0.15, 0.2) is 59.6 Å². The van der Waals surface area contributed by atoms with Crippen LogP contribution < -0.4 is 10.5 Å². The summed E-state index contributed by atoms with van der Waals surface area (Å²) in [4.78, 5) is 10.2. The molecule has 1 saturated heterocycles. The predicted octanol–water partition coefficient (Wildman–Crippen LogP) is 2.44. The summed E-state index contributed by atoms with van der Waals surface area (Å²) < 4.78 is 28.9. The molecule has 4 rings (SSSR count). The van der Waals surface area contributed by atoms with Gasteiger partial charge in [0, 0.05) is 12.6 Å². The molecule has 1 aliphatic heterocycles. The maximum absolute atomic E-state index is 10.8. The highest BCUT2D eigenvalue weighted by Crippen LogP contribution is 2.36. The highest BCUT2D eigenvalue weighted by Gasteiger charge is 2.32. The van der Waals surface area contributed by atoms with E-state index in [2.05, 4.69) is 41.6 Å². The van der Waals surface area contributed by atoms with Crippen molar-refractivity contribution in [2.45, 2.75) is 17.9 Å². The van der Waals surface area contributed by atoms with Crippen LogP contribution >= 0.6 is 0 Å². The van der Waals surface area contributed by atoms with Gasteiger partial charge in [-0.15, -0.1) is 0 Å². The number of carbonyl (C=O) groups is 1. The average molecular weight is 414 g/mol. The second kappa shape index (κ2) is 8.56. The van der Waals surface area contributed by atoms with Gasteiger partial charge in [0.25, 0.3) is 0 Å². The number of nitrogens with one attached hydrogen (secondary N) is 1. The van der Waals surface area contributed by atoms with Gasteiger partial charge >= 0.3 is 0 Å². The summed E-state index contributed by atoms with van der Waals surface area (Å²) in [5.41, 5.74) is 4.76. The van der Waals surface area contributed by atoms with Crippen molar-refractivity contribution >= 4 is 22.0 Å². The topological polar surface area (TPSA) is 120 Å². The number of rotatable bonds is 5. The number of ether oxygens (including phenoxy) is 1. The van der Waals surface area contributed by atoms with Crippen LogP contribution in [0.1, 0.15) is 27.7 Å². The van der Waals surface area contributed by atoms with E-state index >= 15 is 0 Å². The molecular weight excluding hydrogens is 392 g/mol. The Hall–Kier alpha value is -3.01. The number of aldehydes is 1. The third-order valence-electron chi connectivity index (χ3n) is 4.32. The van der Waals surface area contributed by atoms with E-state index in [9.17, 15) is 13.2 Å². The summed E-state index contributed by atoms with van der Waals surface area (Å²) in [5, 5.41) is 12.4. The van der Waals surface area contributed by atoms with Crippen molar-refractivity contribution in [1.82, 2.24) is 9.78 Å². The van der Waals surface area contributed by atoms with Gasteiger partial charge in [-0.1, -0.05) is 29.8 Å². The van der Waals surface area contributed by atoms with Gasteiger partial charge in [-0.25, -0.2) is 18.2 Å². The number of sulfonamides is 1. The number of hydrogen-bond acceptors (Lipinski definition) is 6. The molecule has 0 amide bonds. The molecule has 1 aromatic heterocycles. The molecule has 29 heavy (non-hydrogen) atoms. The summed E-state index contributed by atoms with van der Waals surface area (Å²) in [6, 6.07) is 13.9. The van der Waals surface area contributed by atoms with Crippen molar-refractivity contribution in [3.8, 4) is 5.69 Å². The molecule has 1 unspecified atom stereocenters. The molecular formula is C20H22N4O4S. The van der Waals surface area contributed by atoms with Crippen LogP contribution in [0.5, 0.6) is 0 Å². The maximum Gasteiger partial charge on any atom is 0.238 e. The molecule has 3 aromatic rings. The Labute approximate surface area is 169 Å². The molecule has 152 valence electrons. The Bertz CT molecular complexity index is 1100. The Morgan fingerprint density at radius 3 is 2.48 bits per heavy atom. The summed E-state index contributed by atoms with van der Waals surface area (Å²) >= 11 is 0. The quantitative estimate of drug-likeness (QED) is 0.489. The first-order chi connectivity index (χ1) is 13.8. The molecule has 1 fully saturated rings. The van der Waals surface area contributed by atoms with E-state index in [1.54, 1.807) is 0 Å². The highest BCUT2D eigenvalue weighted by atomic mass is 32.2. The molecule has 9 heteroatoms. The number of primary sulfonamides is 1. The first-order valence-corrected chi connectivity index (χ1v) is 10.4. The van der Waals surface area contributed by atoms with Crippen LogP contribution in [-0.4, -0.2) is 38.1 Å². The molecule has 2 aromatic carbocycles. The maximum atomic E-state index is 10.8. The zero-order valence-corrected chi connectivity index (χ0v) is 16.9. The Kier molecular flexibility index (Phi) is 6.12. The first-order valence-electron chi connectivity index (χ1n) is 8.86. The van der Waals surface area contributed by atoms with E-state index in [4.69, 9.17) is 9.88 Å². The fourth-order valence-corrected chi connectivity index (χ4v) is 3.29. The average Bonchev–Trinajstić information content (AvgIpc) is 3.47. The van der Waals surface area contributed by atoms with Crippen LogP contribution in [0, 0.1) is 6.92 Å². The van der Waals surface area contributed by atoms with Crippen molar-refractivity contribution in [1.29, 1.82) is 0 Å². The number of epoxide rings is 1. The number of carbonyl (C=O) groups excluding carboxylic acids is 1. The Morgan fingerprint density at radius 1 is 1.24 bits per heavy atom. The highest BCUT2D eigenvalue weighted by molar-refractivity contribution is 7.89. The van der Waals surface area contributed by atoms with E-state index in [1.807, 2.05) is 17.9 Å². The van der Waals surface area contributed by atoms with Gasteiger partial charge in [0.05, 0.1) is 34.8 Å². The zero-order valence-electron chi connectivity index (χ0n) is 16.1. The van der Waals surface area contributed by atoms with E-state index in [-0.39, 0.29) is 11.0 Å². The van der Waals surface area contributed by atoms with Crippen LogP contribution in [-0.2, 0) is 14.8 Å². The summed E-state index contributed by atoms with van der Waals surface area (Å²) in [7, 11) is -1.79. The van der Waals surface area contributed by atoms with Gasteiger partial charge in [0.15, 0.2) is 0 Å². The van der Waals surface area contributed by atoms with Crippen LogP contribution in [0.3, 0.4) is 0 Å². The minimum Gasteiger partial charge on any atom is -0.385 e. The summed E-state index contributed by atoms with van der Waals surface area (Å²) in [5.74, 6) is 0. The van der Waals surface area contributed by atoms with Crippen LogP contribution in [0.4, 0.5) is 5.69 Å². The van der Waals surface area contributed by atoms with E-state index in [0.29, 0.717) is 11.8 Å². The lowest BCUT2D eigenvalue weighted by Gasteiger charge is -2.07.